The molecule has 0 atom stereocenters. The third-order valence-corrected chi connectivity index (χ3v) is 6.65. The van der Waals surface area contributed by atoms with Gasteiger partial charge in [-0.25, -0.2) is 8.78 Å². The summed E-state index contributed by atoms with van der Waals surface area (Å²) >= 11 is 0. The molecule has 1 nitrogen and oxygen atoms in total. The molecule has 3 fully saturated rings. The molecule has 3 aliphatic carbocycles. The van der Waals surface area contributed by atoms with Gasteiger partial charge in [-0.3, -0.25) is 0 Å². The molecular weight excluding hydrogens is 318 g/mol. The molecule has 2 aromatic carbocycles. The van der Waals surface area contributed by atoms with E-state index in [2.05, 4.69) is 19.1 Å². The molecule has 3 heteroatoms. The summed E-state index contributed by atoms with van der Waals surface area (Å²) in [6.07, 6.45) is 7.70. The average Bonchev–Trinajstić information content (AvgIpc) is 2.62. The molecule has 2 aromatic rings. The number of hydrogen-bond acceptors (Lipinski definition) is 1. The number of halogens is 2. The minimum absolute atomic E-state index is 0.312. The second kappa shape index (κ2) is 5.82. The average molecular weight is 342 g/mol. The number of benzene rings is 2. The highest BCUT2D eigenvalue weighted by Crippen LogP contribution is 2.57. The molecule has 0 aromatic heterocycles. The molecule has 0 unspecified atom stereocenters. The molecule has 0 heterocycles. The van der Waals surface area contributed by atoms with Crippen LogP contribution in [0.5, 0.6) is 5.75 Å². The molecule has 132 valence electrons. The highest BCUT2D eigenvalue weighted by molar-refractivity contribution is 5.65. The van der Waals surface area contributed by atoms with E-state index in [4.69, 9.17) is 4.74 Å². The lowest BCUT2D eigenvalue weighted by Gasteiger charge is -2.52. The molecule has 3 aliphatic rings. The molecule has 0 radical (unpaired) electrons. The SMILES string of the molecule is COc1c(F)cc(-c2ccc(C34CCC(C)(CC3)CC4)cc2)cc1F. The molecule has 2 bridgehead atoms. The maximum Gasteiger partial charge on any atom is 0.190 e. The Kier molecular flexibility index (Phi) is 3.86. The molecule has 3 saturated carbocycles. The van der Waals surface area contributed by atoms with Crippen molar-refractivity contribution in [3.05, 3.63) is 53.6 Å². The fraction of sp³-hybridized carbons (Fsp3) is 0.455. The second-order valence-electron chi connectivity index (χ2n) is 8.14. The summed E-state index contributed by atoms with van der Waals surface area (Å²) in [4.78, 5) is 0. The Balaban J connectivity index is 1.63. The van der Waals surface area contributed by atoms with E-state index in [0.717, 1.165) is 5.56 Å². The summed E-state index contributed by atoms with van der Waals surface area (Å²) in [5.41, 5.74) is 3.62. The van der Waals surface area contributed by atoms with Crippen molar-refractivity contribution >= 4 is 0 Å². The maximum absolute atomic E-state index is 14.0. The minimum Gasteiger partial charge on any atom is -0.491 e. The molecular formula is C22H24F2O. The van der Waals surface area contributed by atoms with Crippen molar-refractivity contribution in [1.82, 2.24) is 0 Å². The zero-order valence-electron chi connectivity index (χ0n) is 14.9. The lowest BCUT2D eigenvalue weighted by atomic mass is 9.52. The van der Waals surface area contributed by atoms with E-state index in [9.17, 15) is 8.78 Å². The fourth-order valence-corrected chi connectivity index (χ4v) is 4.74. The standard InChI is InChI=1S/C22H24F2O/c1-21-7-10-22(11-8-21,12-9-21)17-5-3-15(4-6-17)16-13-18(23)20(25-2)19(24)14-16/h3-6,13-14H,7-12H2,1-2H3. The molecule has 25 heavy (non-hydrogen) atoms. The van der Waals surface area contributed by atoms with Crippen LogP contribution in [0.1, 0.15) is 51.0 Å². The van der Waals surface area contributed by atoms with Crippen LogP contribution in [0.25, 0.3) is 11.1 Å². The van der Waals surface area contributed by atoms with E-state index < -0.39 is 11.6 Å². The van der Waals surface area contributed by atoms with Gasteiger partial charge in [-0.05, 0) is 78.2 Å². The molecule has 0 spiro atoms. The van der Waals surface area contributed by atoms with Gasteiger partial charge in [0.2, 0.25) is 0 Å². The smallest absolute Gasteiger partial charge is 0.190 e. The van der Waals surface area contributed by atoms with Crippen molar-refractivity contribution in [2.75, 3.05) is 7.11 Å². The summed E-state index contributed by atoms with van der Waals surface area (Å²) in [6.45, 7) is 2.42. The highest BCUT2D eigenvalue weighted by Gasteiger charge is 2.46. The third kappa shape index (κ3) is 2.74. The summed E-state index contributed by atoms with van der Waals surface area (Å²) in [6, 6.07) is 11.0. The number of fused-ring (bicyclic) bond motifs is 3. The first kappa shape index (κ1) is 16.6. The summed E-state index contributed by atoms with van der Waals surface area (Å²) < 4.78 is 32.7. The lowest BCUT2D eigenvalue weighted by Crippen LogP contribution is -2.42. The Morgan fingerprint density at radius 3 is 1.80 bits per heavy atom. The van der Waals surface area contributed by atoms with E-state index in [1.165, 1.54) is 63.3 Å². The molecule has 0 aliphatic heterocycles. The fourth-order valence-electron chi connectivity index (χ4n) is 4.74. The van der Waals surface area contributed by atoms with Gasteiger partial charge in [-0.15, -0.1) is 0 Å². The van der Waals surface area contributed by atoms with E-state index in [1.54, 1.807) is 0 Å². The predicted molar refractivity (Wildman–Crippen MR) is 95.8 cm³/mol. The molecule has 0 saturated heterocycles. The van der Waals surface area contributed by atoms with E-state index >= 15 is 0 Å². The van der Waals surface area contributed by atoms with Crippen molar-refractivity contribution in [3.8, 4) is 16.9 Å². The van der Waals surface area contributed by atoms with Crippen LogP contribution in [0.2, 0.25) is 0 Å². The van der Waals surface area contributed by atoms with Crippen molar-refractivity contribution in [2.45, 2.75) is 50.9 Å². The Morgan fingerprint density at radius 2 is 1.32 bits per heavy atom. The first-order chi connectivity index (χ1) is 11.9. The van der Waals surface area contributed by atoms with Gasteiger partial charge in [0.15, 0.2) is 17.4 Å². The van der Waals surface area contributed by atoms with Gasteiger partial charge in [-0.1, -0.05) is 31.2 Å². The van der Waals surface area contributed by atoms with Crippen LogP contribution < -0.4 is 4.74 Å². The number of rotatable bonds is 3. The van der Waals surface area contributed by atoms with Crippen LogP contribution in [0.3, 0.4) is 0 Å². The number of methoxy groups -OCH3 is 1. The van der Waals surface area contributed by atoms with Crippen molar-refractivity contribution in [1.29, 1.82) is 0 Å². The maximum atomic E-state index is 14.0. The van der Waals surface area contributed by atoms with Crippen LogP contribution in [0.15, 0.2) is 36.4 Å². The van der Waals surface area contributed by atoms with Crippen LogP contribution in [-0.2, 0) is 5.41 Å². The van der Waals surface area contributed by atoms with Gasteiger partial charge in [0.25, 0.3) is 0 Å². The van der Waals surface area contributed by atoms with Crippen LogP contribution in [0.4, 0.5) is 8.78 Å². The number of ether oxygens (including phenoxy) is 1. The lowest BCUT2D eigenvalue weighted by molar-refractivity contribution is 0.0556. The predicted octanol–water partition coefficient (Wildman–Crippen LogP) is 6.25. The minimum atomic E-state index is -0.668. The summed E-state index contributed by atoms with van der Waals surface area (Å²) in [7, 11) is 1.27. The quantitative estimate of drug-likeness (QED) is 0.640. The van der Waals surface area contributed by atoms with Crippen molar-refractivity contribution in [3.63, 3.8) is 0 Å². The first-order valence-electron chi connectivity index (χ1n) is 9.09. The molecule has 0 amide bonds. The van der Waals surface area contributed by atoms with Crippen LogP contribution >= 0.6 is 0 Å². The van der Waals surface area contributed by atoms with Gasteiger partial charge in [0.05, 0.1) is 7.11 Å². The van der Waals surface area contributed by atoms with Gasteiger partial charge in [0.1, 0.15) is 0 Å². The van der Waals surface area contributed by atoms with Crippen molar-refractivity contribution in [2.24, 2.45) is 5.41 Å². The highest BCUT2D eigenvalue weighted by atomic mass is 19.1. The zero-order valence-corrected chi connectivity index (χ0v) is 14.9. The van der Waals surface area contributed by atoms with E-state index in [0.29, 0.717) is 16.4 Å². The number of hydrogen-bond donors (Lipinski definition) is 0. The van der Waals surface area contributed by atoms with Gasteiger partial charge in [0, 0.05) is 0 Å². The normalized spacial score (nSPS) is 28.2. The van der Waals surface area contributed by atoms with Crippen LogP contribution in [0, 0.1) is 17.0 Å². The Bertz CT molecular complexity index is 747. The largest absolute Gasteiger partial charge is 0.491 e. The third-order valence-electron chi connectivity index (χ3n) is 6.65. The topological polar surface area (TPSA) is 9.23 Å². The molecule has 0 N–H and O–H groups in total. The van der Waals surface area contributed by atoms with Gasteiger partial charge >= 0.3 is 0 Å². The second-order valence-corrected chi connectivity index (χ2v) is 8.14. The van der Waals surface area contributed by atoms with E-state index in [-0.39, 0.29) is 5.75 Å². The van der Waals surface area contributed by atoms with Crippen molar-refractivity contribution < 1.29 is 13.5 Å². The summed E-state index contributed by atoms with van der Waals surface area (Å²) in [5.74, 6) is -1.66. The van der Waals surface area contributed by atoms with Crippen LogP contribution in [-0.4, -0.2) is 7.11 Å². The Labute approximate surface area is 148 Å². The Hall–Kier alpha value is -1.90. The summed E-state index contributed by atoms with van der Waals surface area (Å²) in [5, 5.41) is 0. The molecule has 5 rings (SSSR count). The monoisotopic (exact) mass is 342 g/mol. The zero-order chi connectivity index (χ0) is 17.7. The van der Waals surface area contributed by atoms with Gasteiger partial charge < -0.3 is 4.74 Å². The van der Waals surface area contributed by atoms with E-state index in [1.807, 2.05) is 12.1 Å². The first-order valence-corrected chi connectivity index (χ1v) is 9.09. The Morgan fingerprint density at radius 1 is 0.800 bits per heavy atom. The van der Waals surface area contributed by atoms with Gasteiger partial charge in [-0.2, -0.15) is 0 Å².